The first-order valence-electron chi connectivity index (χ1n) is 6.32. The van der Waals surface area contributed by atoms with Gasteiger partial charge in [0.1, 0.15) is 12.7 Å². The van der Waals surface area contributed by atoms with Crippen LogP contribution in [-0.2, 0) is 6.54 Å². The van der Waals surface area contributed by atoms with E-state index in [2.05, 4.69) is 20.4 Å². The number of aromatic nitrogens is 3. The summed E-state index contributed by atoms with van der Waals surface area (Å²) >= 11 is 0. The van der Waals surface area contributed by atoms with Crippen molar-refractivity contribution in [3.05, 3.63) is 42.5 Å². The van der Waals surface area contributed by atoms with Gasteiger partial charge in [0.15, 0.2) is 5.96 Å². The molecule has 0 atom stereocenters. The van der Waals surface area contributed by atoms with Crippen molar-refractivity contribution in [1.82, 2.24) is 20.1 Å². The van der Waals surface area contributed by atoms with Crippen LogP contribution < -0.4 is 11.1 Å². The van der Waals surface area contributed by atoms with Crippen molar-refractivity contribution in [2.24, 2.45) is 10.7 Å². The number of rotatable bonds is 4. The molecule has 1 aromatic heterocycles. The van der Waals surface area contributed by atoms with E-state index in [1.165, 1.54) is 19.2 Å². The maximum absolute atomic E-state index is 5.81. The Labute approximate surface area is 111 Å². The molecule has 6 nitrogen and oxygen atoms in total. The van der Waals surface area contributed by atoms with Crippen LogP contribution in [0.2, 0.25) is 0 Å². The Bertz CT molecular complexity index is 571. The van der Waals surface area contributed by atoms with E-state index < -0.39 is 0 Å². The highest BCUT2D eigenvalue weighted by Crippen LogP contribution is 2.18. The Morgan fingerprint density at radius 1 is 1.47 bits per heavy atom. The predicted octanol–water partition coefficient (Wildman–Crippen LogP) is 0.834. The molecule has 0 radical (unpaired) electrons. The van der Waals surface area contributed by atoms with Crippen LogP contribution in [0, 0.1) is 0 Å². The molecule has 6 heteroatoms. The van der Waals surface area contributed by atoms with Crippen molar-refractivity contribution >= 4 is 5.96 Å². The summed E-state index contributed by atoms with van der Waals surface area (Å²) in [6.45, 7) is 0.564. The largest absolute Gasteiger partial charge is 0.370 e. The summed E-state index contributed by atoms with van der Waals surface area (Å²) in [5, 5.41) is 7.27. The fraction of sp³-hybridized carbons (Fsp3) is 0.308. The van der Waals surface area contributed by atoms with Gasteiger partial charge in [-0.3, -0.25) is 0 Å². The van der Waals surface area contributed by atoms with E-state index in [1.807, 2.05) is 24.3 Å². The van der Waals surface area contributed by atoms with Gasteiger partial charge in [0.2, 0.25) is 0 Å². The lowest BCUT2D eigenvalue weighted by atomic mass is 10.2. The van der Waals surface area contributed by atoms with E-state index in [-0.39, 0.29) is 0 Å². The molecule has 19 heavy (non-hydrogen) atoms. The summed E-state index contributed by atoms with van der Waals surface area (Å²) in [6.07, 6.45) is 5.57. The maximum Gasteiger partial charge on any atom is 0.189 e. The molecule has 2 aromatic rings. The SMILES string of the molecule is NC(=NCc1cccc(-n2cncn2)c1)NC1CC1. The molecule has 3 N–H and O–H groups in total. The molecular weight excluding hydrogens is 240 g/mol. The van der Waals surface area contributed by atoms with Crippen molar-refractivity contribution < 1.29 is 0 Å². The van der Waals surface area contributed by atoms with Crippen molar-refractivity contribution in [3.63, 3.8) is 0 Å². The fourth-order valence-corrected chi connectivity index (χ4v) is 1.80. The number of guanidine groups is 1. The third-order valence-corrected chi connectivity index (χ3v) is 2.96. The van der Waals surface area contributed by atoms with Gasteiger partial charge in [0, 0.05) is 6.04 Å². The van der Waals surface area contributed by atoms with Gasteiger partial charge in [-0.05, 0) is 30.5 Å². The molecule has 98 valence electrons. The summed E-state index contributed by atoms with van der Waals surface area (Å²) in [6, 6.07) is 8.54. The first-order valence-corrected chi connectivity index (χ1v) is 6.32. The van der Waals surface area contributed by atoms with E-state index in [9.17, 15) is 0 Å². The topological polar surface area (TPSA) is 81.1 Å². The van der Waals surface area contributed by atoms with E-state index in [1.54, 1.807) is 11.0 Å². The molecule has 0 aliphatic heterocycles. The highest BCUT2D eigenvalue weighted by molar-refractivity contribution is 5.78. The summed E-state index contributed by atoms with van der Waals surface area (Å²) in [5.74, 6) is 0.522. The Morgan fingerprint density at radius 3 is 3.11 bits per heavy atom. The van der Waals surface area contributed by atoms with Gasteiger partial charge >= 0.3 is 0 Å². The fourth-order valence-electron chi connectivity index (χ4n) is 1.80. The number of nitrogens with zero attached hydrogens (tertiary/aromatic N) is 4. The Kier molecular flexibility index (Phi) is 3.14. The quantitative estimate of drug-likeness (QED) is 0.627. The van der Waals surface area contributed by atoms with Gasteiger partial charge in [-0.15, -0.1) is 0 Å². The molecule has 0 saturated heterocycles. The Hall–Kier alpha value is -2.37. The normalized spacial score (nSPS) is 15.5. The first-order chi connectivity index (χ1) is 9.31. The van der Waals surface area contributed by atoms with Crippen LogP contribution >= 0.6 is 0 Å². The molecule has 0 amide bonds. The molecule has 0 unspecified atom stereocenters. The van der Waals surface area contributed by atoms with E-state index >= 15 is 0 Å². The van der Waals surface area contributed by atoms with E-state index in [4.69, 9.17) is 5.73 Å². The average Bonchev–Trinajstić information content (AvgIpc) is 3.07. The summed E-state index contributed by atoms with van der Waals surface area (Å²) in [7, 11) is 0. The smallest absolute Gasteiger partial charge is 0.189 e. The van der Waals surface area contributed by atoms with Crippen LogP contribution in [0.1, 0.15) is 18.4 Å². The predicted molar refractivity (Wildman–Crippen MR) is 72.8 cm³/mol. The lowest BCUT2D eigenvalue weighted by Gasteiger charge is -2.05. The second-order valence-corrected chi connectivity index (χ2v) is 4.63. The van der Waals surface area contributed by atoms with Gasteiger partial charge in [0.25, 0.3) is 0 Å². The molecular formula is C13H16N6. The molecule has 1 aliphatic carbocycles. The van der Waals surface area contributed by atoms with Crippen LogP contribution in [0.3, 0.4) is 0 Å². The number of aliphatic imine (C=N–C) groups is 1. The lowest BCUT2D eigenvalue weighted by molar-refractivity contribution is 0.867. The van der Waals surface area contributed by atoms with Crippen molar-refractivity contribution in [2.45, 2.75) is 25.4 Å². The molecule has 0 spiro atoms. The molecule has 1 aliphatic rings. The van der Waals surface area contributed by atoms with Crippen molar-refractivity contribution in [1.29, 1.82) is 0 Å². The van der Waals surface area contributed by atoms with Gasteiger partial charge in [0.05, 0.1) is 12.2 Å². The first kappa shape index (κ1) is 11.7. The van der Waals surface area contributed by atoms with Gasteiger partial charge in [-0.25, -0.2) is 14.7 Å². The van der Waals surface area contributed by atoms with Crippen LogP contribution in [0.5, 0.6) is 0 Å². The van der Waals surface area contributed by atoms with E-state index in [0.29, 0.717) is 18.5 Å². The molecule has 0 bridgehead atoms. The van der Waals surface area contributed by atoms with Crippen LogP contribution in [0.15, 0.2) is 41.9 Å². The highest BCUT2D eigenvalue weighted by Gasteiger charge is 2.21. The number of nitrogens with two attached hydrogens (primary N) is 1. The molecule has 1 heterocycles. The Balaban J connectivity index is 1.69. The Morgan fingerprint density at radius 2 is 2.37 bits per heavy atom. The number of hydrogen-bond acceptors (Lipinski definition) is 3. The summed E-state index contributed by atoms with van der Waals surface area (Å²) < 4.78 is 1.72. The number of benzene rings is 1. The maximum atomic E-state index is 5.81. The zero-order valence-electron chi connectivity index (χ0n) is 10.5. The molecule has 3 rings (SSSR count). The highest BCUT2D eigenvalue weighted by atomic mass is 15.3. The van der Waals surface area contributed by atoms with E-state index in [0.717, 1.165) is 11.3 Å². The van der Waals surface area contributed by atoms with Crippen molar-refractivity contribution in [3.8, 4) is 5.69 Å². The van der Waals surface area contributed by atoms with Gasteiger partial charge < -0.3 is 11.1 Å². The summed E-state index contributed by atoms with van der Waals surface area (Å²) in [4.78, 5) is 8.27. The third-order valence-electron chi connectivity index (χ3n) is 2.96. The summed E-state index contributed by atoms with van der Waals surface area (Å²) in [5.41, 5.74) is 7.87. The standard InChI is InChI=1S/C13H16N6/c14-13(18-11-4-5-11)16-7-10-2-1-3-12(6-10)19-9-15-8-17-19/h1-3,6,8-9,11H,4-5,7H2,(H3,14,16,18). The van der Waals surface area contributed by atoms with Crippen LogP contribution in [-0.4, -0.2) is 26.8 Å². The monoisotopic (exact) mass is 256 g/mol. The minimum atomic E-state index is 0.522. The molecule has 1 aromatic carbocycles. The second kappa shape index (κ2) is 5.09. The minimum absolute atomic E-state index is 0.522. The van der Waals surface area contributed by atoms with Gasteiger partial charge in [-0.2, -0.15) is 5.10 Å². The molecule has 1 saturated carbocycles. The number of hydrogen-bond donors (Lipinski definition) is 2. The minimum Gasteiger partial charge on any atom is -0.370 e. The zero-order valence-corrected chi connectivity index (χ0v) is 10.5. The van der Waals surface area contributed by atoms with Crippen LogP contribution in [0.25, 0.3) is 5.69 Å². The number of nitrogens with one attached hydrogen (secondary N) is 1. The zero-order chi connectivity index (χ0) is 13.1. The molecule has 1 fully saturated rings. The second-order valence-electron chi connectivity index (χ2n) is 4.63. The third kappa shape index (κ3) is 3.09. The van der Waals surface area contributed by atoms with Gasteiger partial charge in [-0.1, -0.05) is 12.1 Å². The lowest BCUT2D eigenvalue weighted by Crippen LogP contribution is -2.33. The van der Waals surface area contributed by atoms with Crippen molar-refractivity contribution in [2.75, 3.05) is 0 Å². The average molecular weight is 256 g/mol. The van der Waals surface area contributed by atoms with Crippen LogP contribution in [0.4, 0.5) is 0 Å².